The lowest BCUT2D eigenvalue weighted by Crippen LogP contribution is -2.26. The van der Waals surface area contributed by atoms with E-state index in [2.05, 4.69) is 5.10 Å². The minimum atomic E-state index is -1.16. The van der Waals surface area contributed by atoms with Crippen molar-refractivity contribution in [2.45, 2.75) is 12.6 Å². The van der Waals surface area contributed by atoms with Gasteiger partial charge in [0.05, 0.1) is 30.1 Å². The van der Waals surface area contributed by atoms with Crippen LogP contribution in [0, 0.1) is 5.82 Å². The summed E-state index contributed by atoms with van der Waals surface area (Å²) in [5, 5.41) is 14.3. The van der Waals surface area contributed by atoms with Crippen LogP contribution in [0.2, 0.25) is 0 Å². The number of fused-ring (bicyclic) bond motifs is 1. The highest BCUT2D eigenvalue weighted by atomic mass is 19.1. The summed E-state index contributed by atoms with van der Waals surface area (Å²) in [6.07, 6.45) is 2.33. The van der Waals surface area contributed by atoms with Crippen LogP contribution in [0.1, 0.15) is 34.2 Å². The number of amides is 1. The van der Waals surface area contributed by atoms with Crippen LogP contribution >= 0.6 is 0 Å². The maximum atomic E-state index is 13.1. The van der Waals surface area contributed by atoms with E-state index in [1.54, 1.807) is 30.4 Å². The summed E-state index contributed by atoms with van der Waals surface area (Å²) in [5.74, 6) is -2.00. The fraction of sp³-hybridized carbons (Fsp3) is 0.150. The molecular weight excluding hydrogens is 379 g/mol. The second kappa shape index (κ2) is 8.11. The molecule has 3 aromatic rings. The molecule has 1 atom stereocenters. The van der Waals surface area contributed by atoms with Gasteiger partial charge in [0.25, 0.3) is 0 Å². The minimum Gasteiger partial charge on any atom is -0.495 e. The van der Waals surface area contributed by atoms with E-state index in [1.165, 1.54) is 30.0 Å². The van der Waals surface area contributed by atoms with E-state index in [0.717, 1.165) is 0 Å². The Morgan fingerprint density at radius 1 is 1.24 bits per heavy atom. The summed E-state index contributed by atoms with van der Waals surface area (Å²) in [6.45, 7) is 0. The third kappa shape index (κ3) is 4.09. The molecular formula is C20H19FN4O4. The number of methoxy groups -OCH3 is 1. The minimum absolute atomic E-state index is 0.0422. The smallest absolute Gasteiger partial charge is 0.339 e. The first-order valence-corrected chi connectivity index (χ1v) is 8.62. The summed E-state index contributed by atoms with van der Waals surface area (Å²) >= 11 is 0. The first-order chi connectivity index (χ1) is 13.8. The molecule has 0 bridgehead atoms. The molecule has 0 saturated carbocycles. The number of carboxylic acids is 1. The topological polar surface area (TPSA) is 133 Å². The Labute approximate surface area is 165 Å². The van der Waals surface area contributed by atoms with Gasteiger partial charge in [0.2, 0.25) is 5.91 Å². The van der Waals surface area contributed by atoms with Crippen molar-refractivity contribution in [3.8, 4) is 5.75 Å². The van der Waals surface area contributed by atoms with Gasteiger partial charge in [0.15, 0.2) is 0 Å². The number of ether oxygens (including phenoxy) is 1. The van der Waals surface area contributed by atoms with Gasteiger partial charge in [-0.25, -0.2) is 13.9 Å². The number of nitrogens with two attached hydrogens (primary N) is 2. The molecule has 1 unspecified atom stereocenters. The number of hydrogen-bond donors (Lipinski definition) is 3. The monoisotopic (exact) mass is 398 g/mol. The standard InChI is InChI=1S/C20H19FN4O4/c1-29-19-13(20(27)28)7-9-15-18(19)14(24-25(15)16(22)10-17(23)26)8-4-11-2-5-12(21)6-3-11/h2-9,16H,10,22H2,1H3,(H2,23,26)(H,27,28). The number of primary amides is 1. The lowest BCUT2D eigenvalue weighted by Gasteiger charge is -2.12. The number of hydrogen-bond acceptors (Lipinski definition) is 5. The first-order valence-electron chi connectivity index (χ1n) is 8.62. The van der Waals surface area contributed by atoms with Crippen LogP contribution in [-0.4, -0.2) is 33.9 Å². The molecule has 5 N–H and O–H groups in total. The van der Waals surface area contributed by atoms with Crippen LogP contribution in [0.25, 0.3) is 23.1 Å². The molecule has 0 aliphatic carbocycles. The first kappa shape index (κ1) is 20.0. The maximum Gasteiger partial charge on any atom is 0.339 e. The quantitative estimate of drug-likeness (QED) is 0.559. The fourth-order valence-corrected chi connectivity index (χ4v) is 3.02. The lowest BCUT2D eigenvalue weighted by atomic mass is 10.1. The van der Waals surface area contributed by atoms with Crippen LogP contribution in [0.5, 0.6) is 5.75 Å². The largest absolute Gasteiger partial charge is 0.495 e. The Bertz CT molecular complexity index is 1110. The molecule has 3 rings (SSSR count). The predicted molar refractivity (Wildman–Crippen MR) is 106 cm³/mol. The van der Waals surface area contributed by atoms with Crippen molar-refractivity contribution in [1.82, 2.24) is 9.78 Å². The lowest BCUT2D eigenvalue weighted by molar-refractivity contribution is -0.118. The van der Waals surface area contributed by atoms with Crippen molar-refractivity contribution in [3.63, 3.8) is 0 Å². The summed E-state index contributed by atoms with van der Waals surface area (Å²) in [7, 11) is 1.36. The second-order valence-corrected chi connectivity index (χ2v) is 6.30. The van der Waals surface area contributed by atoms with Gasteiger partial charge < -0.3 is 21.3 Å². The van der Waals surface area contributed by atoms with Gasteiger partial charge >= 0.3 is 5.97 Å². The van der Waals surface area contributed by atoms with Crippen LogP contribution < -0.4 is 16.2 Å². The SMILES string of the molecule is COc1c(C(=O)O)ccc2c1c(C=Cc1ccc(F)cc1)nn2C(N)CC(N)=O. The number of rotatable bonds is 7. The Balaban J connectivity index is 2.20. The van der Waals surface area contributed by atoms with Gasteiger partial charge in [-0.05, 0) is 35.9 Å². The van der Waals surface area contributed by atoms with E-state index in [-0.39, 0.29) is 23.6 Å². The second-order valence-electron chi connectivity index (χ2n) is 6.30. The van der Waals surface area contributed by atoms with Crippen molar-refractivity contribution < 1.29 is 23.8 Å². The van der Waals surface area contributed by atoms with Crippen LogP contribution in [-0.2, 0) is 4.79 Å². The van der Waals surface area contributed by atoms with Gasteiger partial charge in [0.1, 0.15) is 23.3 Å². The highest BCUT2D eigenvalue weighted by Crippen LogP contribution is 2.34. The van der Waals surface area contributed by atoms with E-state index in [0.29, 0.717) is 22.2 Å². The van der Waals surface area contributed by atoms with Gasteiger partial charge in [-0.1, -0.05) is 18.2 Å². The van der Waals surface area contributed by atoms with Crippen molar-refractivity contribution in [2.75, 3.05) is 7.11 Å². The number of carbonyl (C=O) groups excluding carboxylic acids is 1. The van der Waals surface area contributed by atoms with E-state index < -0.39 is 18.0 Å². The van der Waals surface area contributed by atoms with Gasteiger partial charge in [-0.2, -0.15) is 5.10 Å². The van der Waals surface area contributed by atoms with Crippen LogP contribution in [0.4, 0.5) is 4.39 Å². The molecule has 1 amide bonds. The summed E-state index contributed by atoms with van der Waals surface area (Å²) in [4.78, 5) is 22.9. The summed E-state index contributed by atoms with van der Waals surface area (Å²) in [5.41, 5.74) is 12.8. The highest BCUT2D eigenvalue weighted by molar-refractivity contribution is 6.03. The maximum absolute atomic E-state index is 13.1. The number of benzene rings is 2. The zero-order chi connectivity index (χ0) is 21.1. The molecule has 8 nitrogen and oxygen atoms in total. The van der Waals surface area contributed by atoms with Crippen LogP contribution in [0.15, 0.2) is 36.4 Å². The van der Waals surface area contributed by atoms with Crippen LogP contribution in [0.3, 0.4) is 0 Å². The van der Waals surface area contributed by atoms with E-state index in [1.807, 2.05) is 0 Å². The van der Waals surface area contributed by atoms with Gasteiger partial charge in [0, 0.05) is 0 Å². The summed E-state index contributed by atoms with van der Waals surface area (Å²) < 4.78 is 19.9. The van der Waals surface area contributed by atoms with Gasteiger partial charge in [-0.15, -0.1) is 0 Å². The number of carboxylic acid groups (broad SMARTS) is 1. The average Bonchev–Trinajstić information content (AvgIpc) is 3.05. The molecule has 0 saturated heterocycles. The average molecular weight is 398 g/mol. The molecule has 0 radical (unpaired) electrons. The number of carbonyl (C=O) groups is 2. The van der Waals surface area contributed by atoms with Crippen molar-refractivity contribution in [2.24, 2.45) is 11.5 Å². The Kier molecular flexibility index (Phi) is 5.60. The fourth-order valence-electron chi connectivity index (χ4n) is 3.02. The number of nitrogens with zero attached hydrogens (tertiary/aromatic N) is 2. The molecule has 2 aromatic carbocycles. The van der Waals surface area contributed by atoms with E-state index >= 15 is 0 Å². The molecule has 1 heterocycles. The van der Waals surface area contributed by atoms with E-state index in [4.69, 9.17) is 16.2 Å². The van der Waals surface area contributed by atoms with Gasteiger partial charge in [-0.3, -0.25) is 4.79 Å². The zero-order valence-electron chi connectivity index (χ0n) is 15.5. The summed E-state index contributed by atoms with van der Waals surface area (Å²) in [6, 6.07) is 8.74. The molecule has 29 heavy (non-hydrogen) atoms. The third-order valence-corrected chi connectivity index (χ3v) is 4.32. The molecule has 0 fully saturated rings. The zero-order valence-corrected chi connectivity index (χ0v) is 15.5. The Hall–Kier alpha value is -3.72. The van der Waals surface area contributed by atoms with Crippen molar-refractivity contribution in [1.29, 1.82) is 0 Å². The number of aromatic carboxylic acids is 1. The highest BCUT2D eigenvalue weighted by Gasteiger charge is 2.23. The molecule has 150 valence electrons. The van der Waals surface area contributed by atoms with E-state index in [9.17, 15) is 19.1 Å². The van der Waals surface area contributed by atoms with Crippen molar-refractivity contribution in [3.05, 3.63) is 59.0 Å². The molecule has 0 aliphatic heterocycles. The molecule has 0 aliphatic rings. The molecule has 1 aromatic heterocycles. The molecule has 0 spiro atoms. The molecule has 9 heteroatoms. The third-order valence-electron chi connectivity index (χ3n) is 4.32. The predicted octanol–water partition coefficient (Wildman–Crippen LogP) is 2.39. The van der Waals surface area contributed by atoms with Crippen molar-refractivity contribution >= 4 is 34.9 Å². The Morgan fingerprint density at radius 3 is 2.52 bits per heavy atom. The number of halogens is 1. The number of aromatic nitrogens is 2. The normalized spacial score (nSPS) is 12.4. The Morgan fingerprint density at radius 2 is 1.93 bits per heavy atom.